The topological polar surface area (TPSA) is 29.3 Å². The average Bonchev–Trinajstić information content (AvgIpc) is 2.38. The first-order chi connectivity index (χ1) is 8.72. The molecule has 1 aromatic rings. The van der Waals surface area contributed by atoms with Crippen LogP contribution in [0.5, 0.6) is 0 Å². The molecule has 18 heavy (non-hydrogen) atoms. The zero-order chi connectivity index (χ0) is 13.2. The third kappa shape index (κ3) is 7.04. The van der Waals surface area contributed by atoms with Crippen molar-refractivity contribution in [2.45, 2.75) is 25.3 Å². The molecule has 0 amide bonds. The monoisotopic (exact) mass is 266 g/mol. The molecule has 3 heteroatoms. The van der Waals surface area contributed by atoms with Gasteiger partial charge < -0.3 is 10.6 Å². The van der Waals surface area contributed by atoms with Gasteiger partial charge in [-0.05, 0) is 50.4 Å². The number of aryl methyl sites for hydroxylation is 1. The van der Waals surface area contributed by atoms with Crippen LogP contribution in [0.2, 0.25) is 0 Å². The van der Waals surface area contributed by atoms with E-state index in [1.807, 2.05) is 11.8 Å². The van der Waals surface area contributed by atoms with Gasteiger partial charge in [-0.25, -0.2) is 0 Å². The van der Waals surface area contributed by atoms with Crippen LogP contribution < -0.4 is 5.73 Å². The second-order valence-corrected chi connectivity index (χ2v) is 5.88. The summed E-state index contributed by atoms with van der Waals surface area (Å²) in [5, 5.41) is 0. The van der Waals surface area contributed by atoms with Crippen LogP contribution in [0, 0.1) is 0 Å². The third-order valence-electron chi connectivity index (χ3n) is 3.08. The summed E-state index contributed by atoms with van der Waals surface area (Å²) in [5.74, 6) is 1.24. The lowest BCUT2D eigenvalue weighted by Gasteiger charge is -2.21. The molecule has 1 rings (SSSR count). The first kappa shape index (κ1) is 15.5. The highest BCUT2D eigenvalue weighted by atomic mass is 32.2. The van der Waals surface area contributed by atoms with Crippen LogP contribution in [0.4, 0.5) is 0 Å². The van der Waals surface area contributed by atoms with E-state index in [-0.39, 0.29) is 6.04 Å². The van der Waals surface area contributed by atoms with Crippen molar-refractivity contribution in [2.24, 2.45) is 5.73 Å². The molecule has 0 heterocycles. The minimum Gasteiger partial charge on any atom is -0.327 e. The number of thioether (sulfide) groups is 1. The fraction of sp³-hybridized carbons (Fsp3) is 0.600. The van der Waals surface area contributed by atoms with Crippen LogP contribution in [-0.2, 0) is 6.42 Å². The van der Waals surface area contributed by atoms with E-state index < -0.39 is 0 Å². The Morgan fingerprint density at radius 3 is 2.67 bits per heavy atom. The summed E-state index contributed by atoms with van der Waals surface area (Å²) in [6, 6.07) is 10.9. The van der Waals surface area contributed by atoms with E-state index in [1.54, 1.807) is 0 Å². The maximum Gasteiger partial charge on any atom is 0.0170 e. The summed E-state index contributed by atoms with van der Waals surface area (Å²) < 4.78 is 0. The Balaban J connectivity index is 2.15. The van der Waals surface area contributed by atoms with Gasteiger partial charge in [0, 0.05) is 12.6 Å². The number of hydrogen-bond acceptors (Lipinski definition) is 3. The molecule has 2 N–H and O–H groups in total. The fourth-order valence-electron chi connectivity index (χ4n) is 2.06. The van der Waals surface area contributed by atoms with E-state index in [0.29, 0.717) is 0 Å². The molecule has 1 unspecified atom stereocenters. The summed E-state index contributed by atoms with van der Waals surface area (Å²) >= 11 is 1.91. The molecular formula is C15H26N2S. The van der Waals surface area contributed by atoms with Gasteiger partial charge in [0.1, 0.15) is 0 Å². The maximum atomic E-state index is 6.18. The highest BCUT2D eigenvalue weighted by Crippen LogP contribution is 2.05. The van der Waals surface area contributed by atoms with E-state index in [4.69, 9.17) is 5.73 Å². The SMILES string of the molecule is CSCCCN(C)CC(N)CCc1ccccc1. The van der Waals surface area contributed by atoms with E-state index in [0.717, 1.165) is 25.9 Å². The molecule has 1 atom stereocenters. The Hall–Kier alpha value is -0.510. The van der Waals surface area contributed by atoms with Crippen LogP contribution in [-0.4, -0.2) is 43.1 Å². The van der Waals surface area contributed by atoms with Crippen LogP contribution in [0.15, 0.2) is 30.3 Å². The molecule has 0 aliphatic rings. The second-order valence-electron chi connectivity index (χ2n) is 4.89. The first-order valence-corrected chi connectivity index (χ1v) is 8.08. The quantitative estimate of drug-likeness (QED) is 0.697. The van der Waals surface area contributed by atoms with Crippen molar-refractivity contribution >= 4 is 11.8 Å². The van der Waals surface area contributed by atoms with Gasteiger partial charge in [-0.15, -0.1) is 0 Å². The summed E-state index contributed by atoms with van der Waals surface area (Å²) in [4.78, 5) is 2.35. The lowest BCUT2D eigenvalue weighted by Crippen LogP contribution is -2.36. The van der Waals surface area contributed by atoms with Gasteiger partial charge >= 0.3 is 0 Å². The molecule has 0 fully saturated rings. The van der Waals surface area contributed by atoms with Crippen LogP contribution in [0.3, 0.4) is 0 Å². The lowest BCUT2D eigenvalue weighted by atomic mass is 10.1. The largest absolute Gasteiger partial charge is 0.327 e. The molecule has 0 spiro atoms. The highest BCUT2D eigenvalue weighted by molar-refractivity contribution is 7.98. The van der Waals surface area contributed by atoms with Crippen molar-refractivity contribution in [3.05, 3.63) is 35.9 Å². The van der Waals surface area contributed by atoms with Crippen molar-refractivity contribution in [1.82, 2.24) is 4.90 Å². The predicted octanol–water partition coefficient (Wildman–Crippen LogP) is 2.63. The van der Waals surface area contributed by atoms with Crippen molar-refractivity contribution in [2.75, 3.05) is 32.1 Å². The van der Waals surface area contributed by atoms with E-state index in [9.17, 15) is 0 Å². The van der Waals surface area contributed by atoms with Crippen LogP contribution >= 0.6 is 11.8 Å². The Labute approximate surface area is 116 Å². The summed E-state index contributed by atoms with van der Waals surface area (Å²) in [7, 11) is 2.17. The first-order valence-electron chi connectivity index (χ1n) is 6.69. The second kappa shape index (κ2) is 9.42. The number of nitrogens with two attached hydrogens (primary N) is 1. The lowest BCUT2D eigenvalue weighted by molar-refractivity contribution is 0.306. The molecule has 1 aromatic carbocycles. The zero-order valence-electron chi connectivity index (χ0n) is 11.6. The van der Waals surface area contributed by atoms with Gasteiger partial charge in [-0.3, -0.25) is 0 Å². The standard InChI is InChI=1S/C15H26N2S/c1-17(11-6-12-18-2)13-15(16)10-9-14-7-4-3-5-8-14/h3-5,7-8,15H,6,9-13,16H2,1-2H3. The number of rotatable bonds is 9. The predicted molar refractivity (Wildman–Crippen MR) is 83.2 cm³/mol. The zero-order valence-corrected chi connectivity index (χ0v) is 12.5. The van der Waals surface area contributed by atoms with E-state index in [1.165, 1.54) is 17.7 Å². The van der Waals surface area contributed by atoms with Crippen molar-refractivity contribution in [1.29, 1.82) is 0 Å². The van der Waals surface area contributed by atoms with Crippen molar-refractivity contribution < 1.29 is 0 Å². The Morgan fingerprint density at radius 2 is 2.00 bits per heavy atom. The molecule has 0 saturated heterocycles. The number of hydrogen-bond donors (Lipinski definition) is 1. The molecule has 2 nitrogen and oxygen atoms in total. The summed E-state index contributed by atoms with van der Waals surface area (Å²) in [5.41, 5.74) is 7.57. The summed E-state index contributed by atoms with van der Waals surface area (Å²) in [6.45, 7) is 2.15. The van der Waals surface area contributed by atoms with Crippen LogP contribution in [0.1, 0.15) is 18.4 Å². The smallest absolute Gasteiger partial charge is 0.0170 e. The van der Waals surface area contributed by atoms with Crippen molar-refractivity contribution in [3.8, 4) is 0 Å². The number of nitrogens with zero attached hydrogens (tertiary/aromatic N) is 1. The molecule has 0 aliphatic carbocycles. The fourth-order valence-corrected chi connectivity index (χ4v) is 2.48. The molecule has 0 bridgehead atoms. The summed E-state index contributed by atoms with van der Waals surface area (Å²) in [6.07, 6.45) is 5.56. The molecule has 0 saturated carbocycles. The third-order valence-corrected chi connectivity index (χ3v) is 3.78. The average molecular weight is 266 g/mol. The Bertz CT molecular complexity index is 303. The molecule has 102 valence electrons. The minimum absolute atomic E-state index is 0.282. The van der Waals surface area contributed by atoms with Gasteiger partial charge in [0.2, 0.25) is 0 Å². The van der Waals surface area contributed by atoms with Crippen molar-refractivity contribution in [3.63, 3.8) is 0 Å². The van der Waals surface area contributed by atoms with Gasteiger partial charge in [0.15, 0.2) is 0 Å². The number of benzene rings is 1. The Morgan fingerprint density at radius 1 is 1.28 bits per heavy atom. The van der Waals surface area contributed by atoms with Crippen LogP contribution in [0.25, 0.3) is 0 Å². The molecule has 0 aromatic heterocycles. The van der Waals surface area contributed by atoms with E-state index >= 15 is 0 Å². The van der Waals surface area contributed by atoms with E-state index in [2.05, 4.69) is 48.5 Å². The number of likely N-dealkylation sites (N-methyl/N-ethyl adjacent to an activating group) is 1. The normalized spacial score (nSPS) is 12.9. The van der Waals surface area contributed by atoms with Gasteiger partial charge in [0.05, 0.1) is 0 Å². The molecular weight excluding hydrogens is 240 g/mol. The maximum absolute atomic E-state index is 6.18. The molecule has 0 aliphatic heterocycles. The molecule has 0 radical (unpaired) electrons. The minimum atomic E-state index is 0.282. The Kier molecular flexibility index (Phi) is 8.14. The van der Waals surface area contributed by atoms with Gasteiger partial charge in [-0.1, -0.05) is 30.3 Å². The van der Waals surface area contributed by atoms with Gasteiger partial charge in [-0.2, -0.15) is 11.8 Å². The van der Waals surface area contributed by atoms with Gasteiger partial charge in [0.25, 0.3) is 0 Å². The highest BCUT2D eigenvalue weighted by Gasteiger charge is 2.06.